The summed E-state index contributed by atoms with van der Waals surface area (Å²) in [5.74, 6) is 0.378. The molecule has 0 aromatic rings. The highest BCUT2D eigenvalue weighted by molar-refractivity contribution is 7.91. The minimum Gasteiger partial charge on any atom is -0.229 e. The maximum absolute atomic E-state index is 11.6. The van der Waals surface area contributed by atoms with E-state index in [1.165, 1.54) is 77.0 Å². The van der Waals surface area contributed by atoms with Gasteiger partial charge >= 0.3 is 0 Å². The van der Waals surface area contributed by atoms with Crippen LogP contribution in [-0.2, 0) is 9.84 Å². The summed E-state index contributed by atoms with van der Waals surface area (Å²) in [4.78, 5) is 0. The Bertz CT molecular complexity index is 320. The molecule has 0 bridgehead atoms. The third-order valence-electron chi connectivity index (χ3n) is 4.50. The van der Waals surface area contributed by atoms with Gasteiger partial charge in [0.1, 0.15) is 0 Å². The van der Waals surface area contributed by atoms with Gasteiger partial charge in [0.25, 0.3) is 0 Å². The molecule has 0 spiro atoms. The van der Waals surface area contributed by atoms with Crippen LogP contribution >= 0.6 is 0 Å². The fourth-order valence-electron chi connectivity index (χ4n) is 2.73. The third kappa shape index (κ3) is 13.6. The molecule has 0 N–H and O–H groups in total. The van der Waals surface area contributed by atoms with Gasteiger partial charge in [-0.05, 0) is 20.3 Å². The van der Waals surface area contributed by atoms with Crippen LogP contribution in [0.3, 0.4) is 0 Å². The lowest BCUT2D eigenvalue weighted by Crippen LogP contribution is -2.17. The van der Waals surface area contributed by atoms with E-state index in [1.807, 2.05) is 0 Å². The molecule has 0 aromatic carbocycles. The topological polar surface area (TPSA) is 34.1 Å². The van der Waals surface area contributed by atoms with E-state index >= 15 is 0 Å². The molecule has 0 rings (SSSR count). The Hall–Kier alpha value is -0.0500. The van der Waals surface area contributed by atoms with E-state index < -0.39 is 9.84 Å². The lowest BCUT2D eigenvalue weighted by atomic mass is 10.0. The van der Waals surface area contributed by atoms with Gasteiger partial charge < -0.3 is 0 Å². The molecular formula is C19H40O2S. The third-order valence-corrected chi connectivity index (χ3v) is 6.79. The van der Waals surface area contributed by atoms with Gasteiger partial charge in [-0.25, -0.2) is 8.42 Å². The first kappa shape index (κ1) is 21.9. The van der Waals surface area contributed by atoms with E-state index in [2.05, 4.69) is 6.92 Å². The van der Waals surface area contributed by atoms with Crippen LogP contribution in [0.4, 0.5) is 0 Å². The van der Waals surface area contributed by atoms with E-state index in [-0.39, 0.29) is 5.25 Å². The Kier molecular flexibility index (Phi) is 14.5. The molecule has 2 nitrogen and oxygen atoms in total. The second-order valence-corrected chi connectivity index (χ2v) is 9.69. The van der Waals surface area contributed by atoms with Gasteiger partial charge in [0, 0.05) is 0 Å². The summed E-state index contributed by atoms with van der Waals surface area (Å²) in [6.45, 7) is 5.82. The lowest BCUT2D eigenvalue weighted by molar-refractivity contribution is 0.536. The first-order valence-corrected chi connectivity index (χ1v) is 11.4. The number of sulfone groups is 1. The van der Waals surface area contributed by atoms with Crippen molar-refractivity contribution < 1.29 is 8.42 Å². The fraction of sp³-hybridized carbons (Fsp3) is 1.00. The highest BCUT2D eigenvalue weighted by Gasteiger charge is 2.14. The molecule has 0 heterocycles. The van der Waals surface area contributed by atoms with Crippen LogP contribution in [0, 0.1) is 0 Å². The van der Waals surface area contributed by atoms with Crippen molar-refractivity contribution in [1.82, 2.24) is 0 Å². The van der Waals surface area contributed by atoms with E-state index in [4.69, 9.17) is 0 Å². The van der Waals surface area contributed by atoms with Crippen LogP contribution in [0.1, 0.15) is 111 Å². The lowest BCUT2D eigenvalue weighted by Gasteiger charge is -2.07. The van der Waals surface area contributed by atoms with Crippen LogP contribution < -0.4 is 0 Å². The zero-order valence-electron chi connectivity index (χ0n) is 15.4. The van der Waals surface area contributed by atoms with Crippen molar-refractivity contribution in [2.24, 2.45) is 0 Å². The molecule has 0 aliphatic rings. The first-order valence-electron chi connectivity index (χ1n) is 9.72. The van der Waals surface area contributed by atoms with Crippen molar-refractivity contribution in [2.45, 2.75) is 116 Å². The van der Waals surface area contributed by atoms with Crippen molar-refractivity contribution in [3.8, 4) is 0 Å². The molecule has 0 saturated carbocycles. The maximum Gasteiger partial charge on any atom is 0.152 e. The van der Waals surface area contributed by atoms with Gasteiger partial charge in [-0.3, -0.25) is 0 Å². The number of hydrogen-bond acceptors (Lipinski definition) is 2. The molecule has 0 unspecified atom stereocenters. The van der Waals surface area contributed by atoms with Gasteiger partial charge in [0.2, 0.25) is 0 Å². The summed E-state index contributed by atoms with van der Waals surface area (Å²) in [6, 6.07) is 0. The SMILES string of the molecule is CCCCCCCCCCCCCCCCS(=O)(=O)C(C)C. The van der Waals surface area contributed by atoms with E-state index in [1.54, 1.807) is 13.8 Å². The Balaban J connectivity index is 3.18. The average molecular weight is 333 g/mol. The number of rotatable bonds is 16. The fourth-order valence-corrected chi connectivity index (χ4v) is 3.81. The molecule has 0 aromatic heterocycles. The van der Waals surface area contributed by atoms with Crippen molar-refractivity contribution in [3.05, 3.63) is 0 Å². The highest BCUT2D eigenvalue weighted by atomic mass is 32.2. The largest absolute Gasteiger partial charge is 0.229 e. The van der Waals surface area contributed by atoms with Gasteiger partial charge in [-0.2, -0.15) is 0 Å². The Morgan fingerprint density at radius 3 is 1.23 bits per heavy atom. The molecular weight excluding hydrogens is 292 g/mol. The van der Waals surface area contributed by atoms with E-state index in [0.29, 0.717) is 5.75 Å². The van der Waals surface area contributed by atoms with E-state index in [0.717, 1.165) is 12.8 Å². The van der Waals surface area contributed by atoms with Crippen LogP contribution in [-0.4, -0.2) is 19.4 Å². The molecule has 0 radical (unpaired) electrons. The highest BCUT2D eigenvalue weighted by Crippen LogP contribution is 2.13. The van der Waals surface area contributed by atoms with Crippen molar-refractivity contribution in [1.29, 1.82) is 0 Å². The zero-order valence-corrected chi connectivity index (χ0v) is 16.2. The molecule has 3 heteroatoms. The van der Waals surface area contributed by atoms with Crippen LogP contribution in [0.5, 0.6) is 0 Å². The molecule has 134 valence electrons. The molecule has 0 aliphatic heterocycles. The Morgan fingerprint density at radius 1 is 0.591 bits per heavy atom. The molecule has 0 fully saturated rings. The average Bonchev–Trinajstić information content (AvgIpc) is 2.47. The predicted octanol–water partition coefficient (Wildman–Crippen LogP) is 6.29. The van der Waals surface area contributed by atoms with Crippen LogP contribution in [0.15, 0.2) is 0 Å². The van der Waals surface area contributed by atoms with Crippen molar-refractivity contribution >= 4 is 9.84 Å². The molecule has 0 atom stereocenters. The van der Waals surface area contributed by atoms with Gasteiger partial charge in [0.15, 0.2) is 9.84 Å². The molecule has 0 aliphatic carbocycles. The second-order valence-electron chi connectivity index (χ2n) is 7.01. The molecule has 0 amide bonds. The zero-order chi connectivity index (χ0) is 16.7. The summed E-state index contributed by atoms with van der Waals surface area (Å²) in [5.41, 5.74) is 0. The quantitative estimate of drug-likeness (QED) is 0.311. The normalized spacial score (nSPS) is 12.2. The summed E-state index contributed by atoms with van der Waals surface area (Å²) in [5, 5.41) is -0.213. The maximum atomic E-state index is 11.6. The smallest absolute Gasteiger partial charge is 0.152 e. The predicted molar refractivity (Wildman–Crippen MR) is 99.2 cm³/mol. The summed E-state index contributed by atoms with van der Waals surface area (Å²) in [6.07, 6.45) is 18.3. The van der Waals surface area contributed by atoms with Crippen molar-refractivity contribution in [3.63, 3.8) is 0 Å². The van der Waals surface area contributed by atoms with Gasteiger partial charge in [0.05, 0.1) is 11.0 Å². The molecule has 0 saturated heterocycles. The number of unbranched alkanes of at least 4 members (excludes halogenated alkanes) is 13. The summed E-state index contributed by atoms with van der Waals surface area (Å²) in [7, 11) is -2.81. The Labute approximate surface area is 140 Å². The number of hydrogen-bond donors (Lipinski definition) is 0. The standard InChI is InChI=1S/C19H40O2S/c1-4-5-6-7-8-9-10-11-12-13-14-15-16-17-18-22(20,21)19(2)3/h19H,4-18H2,1-3H3. The first-order chi connectivity index (χ1) is 10.5. The molecule has 22 heavy (non-hydrogen) atoms. The van der Waals surface area contributed by atoms with Gasteiger partial charge in [-0.1, -0.05) is 90.4 Å². The van der Waals surface area contributed by atoms with Crippen molar-refractivity contribution in [2.75, 3.05) is 5.75 Å². The minimum atomic E-state index is -2.81. The minimum absolute atomic E-state index is 0.213. The Morgan fingerprint density at radius 2 is 0.909 bits per heavy atom. The van der Waals surface area contributed by atoms with E-state index in [9.17, 15) is 8.42 Å². The monoisotopic (exact) mass is 332 g/mol. The summed E-state index contributed by atoms with van der Waals surface area (Å²) >= 11 is 0. The van der Waals surface area contributed by atoms with Crippen LogP contribution in [0.25, 0.3) is 0 Å². The second kappa shape index (κ2) is 14.5. The van der Waals surface area contributed by atoms with Gasteiger partial charge in [-0.15, -0.1) is 0 Å². The van der Waals surface area contributed by atoms with Crippen LogP contribution in [0.2, 0.25) is 0 Å². The summed E-state index contributed by atoms with van der Waals surface area (Å²) < 4.78 is 23.3.